The van der Waals surface area contributed by atoms with Crippen molar-refractivity contribution < 1.29 is 91.1 Å². The van der Waals surface area contributed by atoms with Crippen molar-refractivity contribution >= 4 is 6.16 Å². The first-order valence-corrected chi connectivity index (χ1v) is 4.89. The van der Waals surface area contributed by atoms with E-state index >= 15 is 0 Å². The molecule has 1 saturated heterocycles. The van der Waals surface area contributed by atoms with Crippen molar-refractivity contribution in [3.63, 3.8) is 0 Å². The molecule has 0 aromatic carbocycles. The van der Waals surface area contributed by atoms with Gasteiger partial charge in [0.1, 0.15) is 0 Å². The summed E-state index contributed by atoms with van der Waals surface area (Å²) >= 11 is 0. The van der Waals surface area contributed by atoms with Gasteiger partial charge in [0.25, 0.3) is 0 Å². The smallest absolute Gasteiger partial charge is 1.00 e. The fourth-order valence-corrected chi connectivity index (χ4v) is 1.65. The molecule has 1 N–H and O–H groups in total. The Balaban J connectivity index is -0.000000108. The van der Waals surface area contributed by atoms with Crippen LogP contribution in [0.25, 0.3) is 0 Å². The topological polar surface area (TPSA) is 63.6 Å². The summed E-state index contributed by atoms with van der Waals surface area (Å²) in [7, 11) is 2.23. The molecule has 0 saturated carbocycles. The van der Waals surface area contributed by atoms with E-state index in [0.717, 1.165) is 5.92 Å². The molecule has 0 radical (unpaired) electrons. The summed E-state index contributed by atoms with van der Waals surface area (Å²) in [6.07, 6.45) is 0.693. The van der Waals surface area contributed by atoms with Gasteiger partial charge in [0.15, 0.2) is 0 Å². The van der Waals surface area contributed by atoms with Crippen LogP contribution in [0.5, 0.6) is 0 Å². The van der Waals surface area contributed by atoms with E-state index in [1.54, 1.807) is 0 Å². The molecular formula is C10H20BrNNa2O3. The third-order valence-corrected chi connectivity index (χ3v) is 3.32. The van der Waals surface area contributed by atoms with Crippen molar-refractivity contribution in [3.05, 3.63) is 0 Å². The zero-order valence-corrected chi connectivity index (χ0v) is 17.4. The number of rotatable bonds is 0. The summed E-state index contributed by atoms with van der Waals surface area (Å²) in [6, 6.07) is 0. The van der Waals surface area contributed by atoms with E-state index in [4.69, 9.17) is 15.0 Å². The summed E-state index contributed by atoms with van der Waals surface area (Å²) in [5, 5.41) is 15.3. The van der Waals surface area contributed by atoms with Crippen LogP contribution in [0.3, 0.4) is 0 Å². The molecule has 1 aliphatic heterocycles. The number of hydrogen-bond donors (Lipinski definition) is 1. The summed E-state index contributed by atoms with van der Waals surface area (Å²) in [5.41, 5.74) is 0.429. The molecule has 0 aromatic heterocycles. The molecule has 1 atom stereocenters. The minimum atomic E-state index is -2.08. The number of likely N-dealkylation sites (tertiary alicyclic amines) is 1. The van der Waals surface area contributed by atoms with Crippen LogP contribution in [-0.2, 0) is 0 Å². The van der Waals surface area contributed by atoms with Crippen molar-refractivity contribution in [2.24, 2.45) is 5.92 Å². The molecule has 1 rings (SSSR count). The monoisotopic (exact) mass is 327 g/mol. The number of carboxylic acid groups (broad SMARTS) is 2. The van der Waals surface area contributed by atoms with Crippen LogP contribution in [-0.4, -0.2) is 35.3 Å². The number of piperidine rings is 1. The number of halogens is 1. The van der Waals surface area contributed by atoms with Crippen LogP contribution in [0.4, 0.5) is 4.79 Å². The van der Waals surface area contributed by atoms with Gasteiger partial charge in [-0.25, -0.2) is 0 Å². The van der Waals surface area contributed by atoms with E-state index in [0.29, 0.717) is 5.54 Å². The van der Waals surface area contributed by atoms with Gasteiger partial charge in [-0.3, -0.25) is 0 Å². The second-order valence-corrected chi connectivity index (χ2v) is 4.38. The molecule has 7 heteroatoms. The predicted molar refractivity (Wildman–Crippen MR) is 53.1 cm³/mol. The Kier molecular flexibility index (Phi) is 20.3. The van der Waals surface area contributed by atoms with Crippen molar-refractivity contribution in [2.45, 2.75) is 39.2 Å². The molecule has 1 heterocycles. The number of carbonyl (C=O) groups is 1. The Hall–Kier alpha value is 1.71. The van der Waals surface area contributed by atoms with Crippen LogP contribution < -0.4 is 81.2 Å². The Labute approximate surface area is 159 Å². The molecule has 4 nitrogen and oxygen atoms in total. The third-order valence-electron chi connectivity index (χ3n) is 3.32. The minimum Gasteiger partial charge on any atom is -1.00 e. The van der Waals surface area contributed by atoms with Gasteiger partial charge in [-0.15, -0.1) is 0 Å². The second-order valence-electron chi connectivity index (χ2n) is 4.38. The maximum atomic E-state index is 8.44. The van der Waals surface area contributed by atoms with Crippen LogP contribution in [0, 0.1) is 5.92 Å². The Bertz CT molecular complexity index is 190. The Morgan fingerprint density at radius 1 is 1.41 bits per heavy atom. The molecule has 17 heavy (non-hydrogen) atoms. The first-order valence-electron chi connectivity index (χ1n) is 4.89. The molecule has 1 aliphatic rings. The van der Waals surface area contributed by atoms with Gasteiger partial charge in [-0.1, -0.05) is 6.92 Å². The summed E-state index contributed by atoms with van der Waals surface area (Å²) in [5.74, 6) is 0.853. The van der Waals surface area contributed by atoms with Gasteiger partial charge in [0, 0.05) is 5.54 Å². The zero-order chi connectivity index (χ0) is 11.4. The molecule has 0 spiro atoms. The second kappa shape index (κ2) is 12.7. The van der Waals surface area contributed by atoms with Crippen molar-refractivity contribution in [3.8, 4) is 0 Å². The fraction of sp³-hybridized carbons (Fsp3) is 0.900. The predicted octanol–water partition coefficient (Wildman–Crippen LogP) is -7.97. The maximum absolute atomic E-state index is 8.44. The molecule has 0 bridgehead atoms. The van der Waals surface area contributed by atoms with Crippen LogP contribution in [0.2, 0.25) is 0 Å². The largest absolute Gasteiger partial charge is 1.00 e. The summed E-state index contributed by atoms with van der Waals surface area (Å²) in [4.78, 5) is 10.9. The molecular weight excluding hydrogens is 308 g/mol. The van der Waals surface area contributed by atoms with Gasteiger partial charge in [-0.05, 0) is 46.2 Å². The van der Waals surface area contributed by atoms with E-state index in [1.807, 2.05) is 0 Å². The first kappa shape index (κ1) is 27.1. The number of nitrogens with zero attached hydrogens (tertiary/aromatic N) is 1. The molecule has 0 aliphatic carbocycles. The van der Waals surface area contributed by atoms with Gasteiger partial charge in [-0.2, -0.15) is 0 Å². The summed E-state index contributed by atoms with van der Waals surface area (Å²) in [6.45, 7) is 8.32. The Morgan fingerprint density at radius 2 is 1.76 bits per heavy atom. The van der Waals surface area contributed by atoms with Crippen LogP contribution in [0.1, 0.15) is 33.6 Å². The maximum Gasteiger partial charge on any atom is 1.00 e. The average molecular weight is 328 g/mol. The standard InChI is InChI=1S/C9H19N.CH2O3.BrH.2Na/c1-8-6-5-7-10(4)9(8,2)3;2-1(3)4;;;/h8H,5-7H2,1-4H3;(H2,2,3,4);1H;;/q;;;2*+1/p-2. The van der Waals surface area contributed by atoms with E-state index in [2.05, 4.69) is 32.7 Å². The number of hydrogen-bond acceptors (Lipinski definition) is 3. The van der Waals surface area contributed by atoms with E-state index in [1.165, 1.54) is 19.4 Å². The van der Waals surface area contributed by atoms with Gasteiger partial charge >= 0.3 is 59.1 Å². The van der Waals surface area contributed by atoms with Crippen LogP contribution >= 0.6 is 0 Å². The van der Waals surface area contributed by atoms with Crippen molar-refractivity contribution in [2.75, 3.05) is 13.6 Å². The molecule has 1 unspecified atom stereocenters. The SMILES string of the molecule is CC1CCCN(C)C1(C)C.O=C([O-])O.[Br-].[Na+].[Na+]. The van der Waals surface area contributed by atoms with Crippen molar-refractivity contribution in [1.29, 1.82) is 0 Å². The zero-order valence-electron chi connectivity index (χ0n) is 11.8. The third kappa shape index (κ3) is 11.3. The molecule has 1 fully saturated rings. The summed E-state index contributed by atoms with van der Waals surface area (Å²) < 4.78 is 0. The molecule has 0 aromatic rings. The van der Waals surface area contributed by atoms with Gasteiger partial charge in [0.2, 0.25) is 6.16 Å². The van der Waals surface area contributed by atoms with Crippen molar-refractivity contribution in [1.82, 2.24) is 4.90 Å². The quantitative estimate of drug-likeness (QED) is 0.449. The van der Waals surface area contributed by atoms with Crippen LogP contribution in [0.15, 0.2) is 0 Å². The average Bonchev–Trinajstić information content (AvgIpc) is 2.00. The minimum absolute atomic E-state index is 0. The van der Waals surface area contributed by atoms with Gasteiger partial charge < -0.3 is 36.9 Å². The first-order chi connectivity index (χ1) is 6.28. The Morgan fingerprint density at radius 3 is 2.00 bits per heavy atom. The van der Waals surface area contributed by atoms with E-state index < -0.39 is 6.16 Å². The van der Waals surface area contributed by atoms with E-state index in [9.17, 15) is 0 Å². The fourth-order valence-electron chi connectivity index (χ4n) is 1.65. The molecule has 0 amide bonds. The van der Waals surface area contributed by atoms with Gasteiger partial charge in [0.05, 0.1) is 0 Å². The van der Waals surface area contributed by atoms with E-state index in [-0.39, 0.29) is 76.1 Å². The molecule has 92 valence electrons. The normalized spacial score (nSPS) is 21.5.